The van der Waals surface area contributed by atoms with Crippen molar-refractivity contribution in [1.29, 1.82) is 0 Å². The third-order valence-electron chi connectivity index (χ3n) is 9.96. The van der Waals surface area contributed by atoms with Crippen LogP contribution in [-0.4, -0.2) is 91.9 Å². The van der Waals surface area contributed by atoms with E-state index in [9.17, 15) is 28.8 Å². The lowest BCUT2D eigenvalue weighted by molar-refractivity contribution is -0.140. The number of carbonyl (C=O) groups excluding carboxylic acids is 6. The molecule has 2 saturated heterocycles. The van der Waals surface area contributed by atoms with Gasteiger partial charge in [0.2, 0.25) is 35.4 Å². The van der Waals surface area contributed by atoms with Gasteiger partial charge in [-0.1, -0.05) is 27.7 Å². The van der Waals surface area contributed by atoms with Gasteiger partial charge >= 0.3 is 0 Å². The van der Waals surface area contributed by atoms with Crippen LogP contribution in [0.5, 0.6) is 0 Å². The van der Waals surface area contributed by atoms with Crippen molar-refractivity contribution in [3.63, 3.8) is 0 Å². The highest BCUT2D eigenvalue weighted by Gasteiger charge is 2.42. The normalized spacial score (nSPS) is 28.5. The van der Waals surface area contributed by atoms with Crippen molar-refractivity contribution < 1.29 is 31.6 Å². The predicted octanol–water partition coefficient (Wildman–Crippen LogP) is 5.67. The first-order valence-electron chi connectivity index (χ1n) is 18.3. The Kier molecular flexibility index (Phi) is 16.3. The Balaban J connectivity index is 0.000000482. The molecule has 2 heterocycles. The molecule has 2 N–H and O–H groups in total. The number of nitrogens with one attached hydrogen (secondary N) is 2. The monoisotopic (exact) mass is 712 g/mol. The van der Waals surface area contributed by atoms with E-state index in [2.05, 4.69) is 31.4 Å². The van der Waals surface area contributed by atoms with Crippen LogP contribution < -0.4 is 10.6 Å². The molecule has 3 unspecified atom stereocenters. The first kappa shape index (κ1) is 40.4. The number of carbonyl (C=O) groups is 6. The van der Waals surface area contributed by atoms with E-state index < -0.39 is 0 Å². The van der Waals surface area contributed by atoms with Crippen LogP contribution in [0, 0.1) is 23.7 Å². The van der Waals surface area contributed by atoms with Crippen molar-refractivity contribution >= 4 is 59.0 Å². The minimum atomic E-state index is -0.204. The lowest BCUT2D eigenvalue weighted by Gasteiger charge is -2.30. The molecule has 0 aromatic heterocycles. The molecule has 48 heavy (non-hydrogen) atoms. The summed E-state index contributed by atoms with van der Waals surface area (Å²) in [7, 11) is 0. The summed E-state index contributed by atoms with van der Waals surface area (Å²) < 4.78 is 0. The fourth-order valence-electron chi connectivity index (χ4n) is 7.05. The molecule has 2 saturated carbocycles. The van der Waals surface area contributed by atoms with E-state index in [1.54, 1.807) is 23.5 Å². The summed E-state index contributed by atoms with van der Waals surface area (Å²) >= 11 is 3.15. The van der Waals surface area contributed by atoms with Crippen LogP contribution in [0.1, 0.15) is 122 Å². The highest BCUT2D eigenvalue weighted by Crippen LogP contribution is 2.34. The van der Waals surface area contributed by atoms with E-state index in [0.717, 1.165) is 63.5 Å². The Labute approximate surface area is 299 Å². The SMILES string of the molecule is CCC(C)NC(=O)C1CCC(CN2C(=O)CC(SC(C)C)C2=O)CC1.CCSC1CC(=O)N(CC2CCC(C(=O)NC(C)C)CC2)C1=O.[HH].[HH]. The Morgan fingerprint density at radius 2 is 1.15 bits per heavy atom. The number of hydrogen-bond donors (Lipinski definition) is 2. The van der Waals surface area contributed by atoms with Gasteiger partial charge in [-0.05, 0) is 101 Å². The third kappa shape index (κ3) is 11.8. The van der Waals surface area contributed by atoms with Crippen LogP contribution in [0.15, 0.2) is 0 Å². The lowest BCUT2D eigenvalue weighted by Crippen LogP contribution is -2.40. The number of amides is 6. The Morgan fingerprint density at radius 1 is 0.708 bits per heavy atom. The molecule has 0 spiro atoms. The standard InChI is InChI=1S/C19H32N2O3S.C17H28N2O3S.2H2/c1-5-13(4)20-18(23)15-8-6-14(7-9-15)11-21-17(22)10-16(19(21)24)25-12(2)3;1-4-23-14-9-15(20)19(17(14)22)10-12-5-7-13(8-6-12)16(21)18-11(2)3;;/h12-16H,5-11H2,1-4H3,(H,20,23);11-14H,4-10H2,1-3H3,(H,18,21);2*1H. The summed E-state index contributed by atoms with van der Waals surface area (Å²) in [5.41, 5.74) is 0. The number of thioether (sulfide) groups is 2. The minimum absolute atomic E-state index is 0. The third-order valence-corrected chi connectivity index (χ3v) is 12.3. The summed E-state index contributed by atoms with van der Waals surface area (Å²) in [6.07, 6.45) is 8.71. The molecule has 2 aliphatic heterocycles. The van der Waals surface area contributed by atoms with E-state index in [-0.39, 0.29) is 72.7 Å². The van der Waals surface area contributed by atoms with E-state index in [1.165, 1.54) is 9.80 Å². The molecule has 12 heteroatoms. The number of likely N-dealkylation sites (tertiary alicyclic amines) is 2. The van der Waals surface area contributed by atoms with Gasteiger partial charge in [0.25, 0.3) is 0 Å². The topological polar surface area (TPSA) is 133 Å². The van der Waals surface area contributed by atoms with Crippen LogP contribution >= 0.6 is 23.5 Å². The van der Waals surface area contributed by atoms with E-state index in [0.29, 0.717) is 43.0 Å². The Hall–Kier alpha value is -2.08. The Morgan fingerprint density at radius 3 is 1.56 bits per heavy atom. The first-order valence-corrected chi connectivity index (χ1v) is 20.3. The number of nitrogens with zero attached hydrogens (tertiary/aromatic N) is 2. The zero-order valence-corrected chi connectivity index (χ0v) is 31.9. The van der Waals surface area contributed by atoms with Crippen molar-refractivity contribution in [2.45, 2.75) is 147 Å². The molecule has 0 aromatic rings. The lowest BCUT2D eigenvalue weighted by atomic mass is 9.81. The van der Waals surface area contributed by atoms with E-state index >= 15 is 0 Å². The van der Waals surface area contributed by atoms with Crippen molar-refractivity contribution in [3.8, 4) is 0 Å². The summed E-state index contributed by atoms with van der Waals surface area (Å²) in [6.45, 7) is 15.2. The minimum Gasteiger partial charge on any atom is -0.354 e. The van der Waals surface area contributed by atoms with Crippen LogP contribution in [0.4, 0.5) is 0 Å². The molecule has 4 aliphatic rings. The zero-order chi connectivity index (χ0) is 35.5. The zero-order valence-electron chi connectivity index (χ0n) is 30.3. The highest BCUT2D eigenvalue weighted by atomic mass is 32.2. The molecule has 10 nitrogen and oxygen atoms in total. The molecule has 3 atom stereocenters. The molecule has 4 fully saturated rings. The van der Waals surface area contributed by atoms with Gasteiger partial charge in [-0.25, -0.2) is 0 Å². The highest BCUT2D eigenvalue weighted by molar-refractivity contribution is 8.01. The summed E-state index contributed by atoms with van der Waals surface area (Å²) in [4.78, 5) is 76.3. The largest absolute Gasteiger partial charge is 0.354 e. The molecule has 0 aromatic carbocycles. The molecule has 4 rings (SSSR count). The van der Waals surface area contributed by atoms with Crippen LogP contribution in [-0.2, 0) is 28.8 Å². The predicted molar refractivity (Wildman–Crippen MR) is 197 cm³/mol. The fraction of sp³-hybridized carbons (Fsp3) is 0.833. The van der Waals surface area contributed by atoms with Crippen molar-refractivity contribution in [2.24, 2.45) is 23.7 Å². The summed E-state index contributed by atoms with van der Waals surface area (Å²) in [5.74, 6) is 1.93. The van der Waals surface area contributed by atoms with E-state index in [1.807, 2.05) is 27.7 Å². The van der Waals surface area contributed by atoms with Gasteiger partial charge in [0.1, 0.15) is 0 Å². The molecular weight excluding hydrogens is 649 g/mol. The van der Waals surface area contributed by atoms with Crippen molar-refractivity contribution in [3.05, 3.63) is 0 Å². The van der Waals surface area contributed by atoms with E-state index in [4.69, 9.17) is 0 Å². The average Bonchev–Trinajstić information content (AvgIpc) is 3.45. The maximum atomic E-state index is 12.5. The van der Waals surface area contributed by atoms with Gasteiger partial charge in [0.05, 0.1) is 10.5 Å². The molecule has 0 radical (unpaired) electrons. The maximum absolute atomic E-state index is 12.5. The number of rotatable bonds is 13. The molecule has 276 valence electrons. The smallest absolute Gasteiger partial charge is 0.242 e. The first-order chi connectivity index (χ1) is 22.7. The van der Waals surface area contributed by atoms with Gasteiger partial charge in [-0.3, -0.25) is 38.6 Å². The molecular formula is C36H64N4O6S2. The van der Waals surface area contributed by atoms with Gasteiger partial charge in [0, 0.05) is 52.7 Å². The van der Waals surface area contributed by atoms with Gasteiger partial charge in [-0.15, -0.1) is 23.5 Å². The quantitative estimate of drug-likeness (QED) is 0.234. The fourth-order valence-corrected chi connectivity index (χ4v) is 9.12. The van der Waals surface area contributed by atoms with Crippen LogP contribution in [0.25, 0.3) is 0 Å². The molecule has 0 bridgehead atoms. The second kappa shape index (κ2) is 19.3. The molecule has 2 aliphatic carbocycles. The molecule has 6 amide bonds. The Bertz CT molecular complexity index is 1150. The average molecular weight is 713 g/mol. The summed E-state index contributed by atoms with van der Waals surface area (Å²) in [6, 6.07) is 0.397. The van der Waals surface area contributed by atoms with Gasteiger partial charge < -0.3 is 10.6 Å². The second-order valence-corrected chi connectivity index (χ2v) is 17.9. The maximum Gasteiger partial charge on any atom is 0.242 e. The van der Waals surface area contributed by atoms with Crippen molar-refractivity contribution in [1.82, 2.24) is 20.4 Å². The van der Waals surface area contributed by atoms with Gasteiger partial charge in [0.15, 0.2) is 0 Å². The van der Waals surface area contributed by atoms with Crippen LogP contribution in [0.2, 0.25) is 0 Å². The van der Waals surface area contributed by atoms with Gasteiger partial charge in [-0.2, -0.15) is 0 Å². The summed E-state index contributed by atoms with van der Waals surface area (Å²) in [5, 5.41) is 6.00. The van der Waals surface area contributed by atoms with Crippen LogP contribution in [0.3, 0.4) is 0 Å². The number of imide groups is 2. The number of hydrogen-bond acceptors (Lipinski definition) is 8. The van der Waals surface area contributed by atoms with Crippen molar-refractivity contribution in [2.75, 3.05) is 18.8 Å². The second-order valence-electron chi connectivity index (χ2n) is 14.6.